The fraction of sp³-hybridized carbons (Fsp3) is 0.471. The first-order valence-corrected chi connectivity index (χ1v) is 8.75. The maximum Gasteiger partial charge on any atom is 0.219 e. The van der Waals surface area contributed by atoms with Crippen molar-refractivity contribution in [2.75, 3.05) is 26.2 Å². The minimum atomic E-state index is 0.171. The second-order valence-corrected chi connectivity index (χ2v) is 6.96. The summed E-state index contributed by atoms with van der Waals surface area (Å²) in [5, 5.41) is 1.03. The third-order valence-corrected chi connectivity index (χ3v) is 5.80. The van der Waals surface area contributed by atoms with Gasteiger partial charge in [-0.15, -0.1) is 11.3 Å². The number of carbonyl (C=O) groups excluding carboxylic acids is 1. The first kappa shape index (κ1) is 16.1. The van der Waals surface area contributed by atoms with Crippen molar-refractivity contribution >= 4 is 17.2 Å². The SMILES string of the molecule is CC(=O)N1CCN(C(C)c2sc(-c3cccnc3)nc2C)CC1. The topological polar surface area (TPSA) is 49.3 Å². The van der Waals surface area contributed by atoms with Gasteiger partial charge in [-0.3, -0.25) is 14.7 Å². The first-order valence-electron chi connectivity index (χ1n) is 7.93. The number of amides is 1. The molecule has 122 valence electrons. The van der Waals surface area contributed by atoms with Crippen LogP contribution < -0.4 is 0 Å². The summed E-state index contributed by atoms with van der Waals surface area (Å²) >= 11 is 1.75. The van der Waals surface area contributed by atoms with E-state index >= 15 is 0 Å². The van der Waals surface area contributed by atoms with E-state index in [1.807, 2.05) is 23.2 Å². The van der Waals surface area contributed by atoms with Crippen LogP contribution >= 0.6 is 11.3 Å². The fourth-order valence-corrected chi connectivity index (χ4v) is 4.14. The van der Waals surface area contributed by atoms with E-state index in [9.17, 15) is 4.79 Å². The lowest BCUT2D eigenvalue weighted by atomic mass is 10.1. The van der Waals surface area contributed by atoms with Crippen LogP contribution in [-0.4, -0.2) is 51.9 Å². The standard InChI is InChI=1S/C17H22N4OS/c1-12-16(23-17(19-12)15-5-4-6-18-11-15)13(2)20-7-9-21(10-8-20)14(3)22/h4-6,11,13H,7-10H2,1-3H3. The molecule has 1 saturated heterocycles. The number of aromatic nitrogens is 2. The van der Waals surface area contributed by atoms with Crippen LogP contribution in [0.5, 0.6) is 0 Å². The zero-order chi connectivity index (χ0) is 16.4. The fourth-order valence-electron chi connectivity index (χ4n) is 3.00. The quantitative estimate of drug-likeness (QED) is 0.868. The number of hydrogen-bond donors (Lipinski definition) is 0. The third-order valence-electron chi connectivity index (χ3n) is 4.43. The van der Waals surface area contributed by atoms with E-state index in [1.165, 1.54) is 4.88 Å². The van der Waals surface area contributed by atoms with E-state index in [4.69, 9.17) is 4.98 Å². The summed E-state index contributed by atoms with van der Waals surface area (Å²) in [6.45, 7) is 9.41. The van der Waals surface area contributed by atoms with Crippen molar-refractivity contribution in [1.29, 1.82) is 0 Å². The molecular formula is C17H22N4OS. The first-order chi connectivity index (χ1) is 11.1. The molecule has 0 bridgehead atoms. The number of nitrogens with zero attached hydrogens (tertiary/aromatic N) is 4. The molecule has 0 spiro atoms. The predicted molar refractivity (Wildman–Crippen MR) is 92.3 cm³/mol. The molecule has 3 heterocycles. The number of aryl methyl sites for hydroxylation is 1. The summed E-state index contributed by atoms with van der Waals surface area (Å²) in [5.41, 5.74) is 2.16. The zero-order valence-electron chi connectivity index (χ0n) is 13.8. The number of thiazole rings is 1. The van der Waals surface area contributed by atoms with E-state index < -0.39 is 0 Å². The van der Waals surface area contributed by atoms with Gasteiger partial charge in [0.25, 0.3) is 0 Å². The van der Waals surface area contributed by atoms with Crippen molar-refractivity contribution in [3.8, 4) is 10.6 Å². The molecule has 0 N–H and O–H groups in total. The highest BCUT2D eigenvalue weighted by Crippen LogP contribution is 2.34. The summed E-state index contributed by atoms with van der Waals surface area (Å²) in [7, 11) is 0. The molecule has 1 amide bonds. The number of pyridine rings is 1. The Morgan fingerprint density at radius 2 is 2.04 bits per heavy atom. The van der Waals surface area contributed by atoms with Gasteiger partial charge < -0.3 is 4.90 Å². The molecule has 23 heavy (non-hydrogen) atoms. The molecule has 1 atom stereocenters. The van der Waals surface area contributed by atoms with Gasteiger partial charge in [0.15, 0.2) is 0 Å². The van der Waals surface area contributed by atoms with Crippen LogP contribution in [0.3, 0.4) is 0 Å². The molecule has 0 saturated carbocycles. The van der Waals surface area contributed by atoms with E-state index in [1.54, 1.807) is 24.5 Å². The van der Waals surface area contributed by atoms with Crippen molar-refractivity contribution in [3.05, 3.63) is 35.1 Å². The molecule has 5 nitrogen and oxygen atoms in total. The molecule has 2 aromatic rings. The van der Waals surface area contributed by atoms with E-state index in [-0.39, 0.29) is 5.91 Å². The van der Waals surface area contributed by atoms with Gasteiger partial charge in [-0.2, -0.15) is 0 Å². The van der Waals surface area contributed by atoms with Crippen molar-refractivity contribution < 1.29 is 4.79 Å². The van der Waals surface area contributed by atoms with Crippen molar-refractivity contribution in [2.45, 2.75) is 26.8 Å². The average molecular weight is 330 g/mol. The Hall–Kier alpha value is -1.79. The Bertz CT molecular complexity index is 677. The lowest BCUT2D eigenvalue weighted by Gasteiger charge is -2.37. The van der Waals surface area contributed by atoms with E-state index in [0.717, 1.165) is 42.4 Å². The molecule has 2 aromatic heterocycles. The zero-order valence-corrected chi connectivity index (χ0v) is 14.6. The van der Waals surface area contributed by atoms with Gasteiger partial charge >= 0.3 is 0 Å². The smallest absolute Gasteiger partial charge is 0.219 e. The van der Waals surface area contributed by atoms with Gasteiger partial charge in [-0.1, -0.05) is 0 Å². The second-order valence-electron chi connectivity index (χ2n) is 5.93. The van der Waals surface area contributed by atoms with Crippen molar-refractivity contribution in [3.63, 3.8) is 0 Å². The number of piperazine rings is 1. The van der Waals surface area contributed by atoms with Crippen LogP contribution in [0.2, 0.25) is 0 Å². The molecular weight excluding hydrogens is 308 g/mol. The summed E-state index contributed by atoms with van der Waals surface area (Å²) in [6.07, 6.45) is 3.64. The Kier molecular flexibility index (Phi) is 4.73. The molecule has 3 rings (SSSR count). The highest BCUT2D eigenvalue weighted by Gasteiger charge is 2.25. The van der Waals surface area contributed by atoms with Gasteiger partial charge in [0.05, 0.1) is 5.69 Å². The lowest BCUT2D eigenvalue weighted by Crippen LogP contribution is -2.48. The summed E-state index contributed by atoms with van der Waals surface area (Å²) in [6, 6.07) is 4.31. The van der Waals surface area contributed by atoms with Gasteiger partial charge in [0.2, 0.25) is 5.91 Å². The lowest BCUT2D eigenvalue weighted by molar-refractivity contribution is -0.130. The Morgan fingerprint density at radius 1 is 1.30 bits per heavy atom. The van der Waals surface area contributed by atoms with Crippen LogP contribution in [0.4, 0.5) is 0 Å². The summed E-state index contributed by atoms with van der Waals surface area (Å²) in [4.78, 5) is 26.0. The van der Waals surface area contributed by atoms with Gasteiger partial charge in [-0.05, 0) is 26.0 Å². The van der Waals surface area contributed by atoms with Gasteiger partial charge in [0.1, 0.15) is 5.01 Å². The maximum atomic E-state index is 11.5. The molecule has 6 heteroatoms. The van der Waals surface area contributed by atoms with Crippen LogP contribution in [0.15, 0.2) is 24.5 Å². The summed E-state index contributed by atoms with van der Waals surface area (Å²) < 4.78 is 0. The highest BCUT2D eigenvalue weighted by atomic mass is 32.1. The molecule has 1 aliphatic rings. The number of hydrogen-bond acceptors (Lipinski definition) is 5. The number of carbonyl (C=O) groups is 1. The Morgan fingerprint density at radius 3 is 2.65 bits per heavy atom. The Labute approximate surface area is 141 Å². The van der Waals surface area contributed by atoms with Crippen molar-refractivity contribution in [2.24, 2.45) is 0 Å². The van der Waals surface area contributed by atoms with Crippen LogP contribution in [0, 0.1) is 6.92 Å². The molecule has 1 aliphatic heterocycles. The maximum absolute atomic E-state index is 11.5. The van der Waals surface area contributed by atoms with E-state index in [2.05, 4.69) is 23.7 Å². The minimum absolute atomic E-state index is 0.171. The molecule has 0 radical (unpaired) electrons. The van der Waals surface area contributed by atoms with Crippen LogP contribution in [-0.2, 0) is 4.79 Å². The number of rotatable bonds is 3. The Balaban J connectivity index is 1.75. The third kappa shape index (κ3) is 3.43. The molecule has 0 aliphatic carbocycles. The minimum Gasteiger partial charge on any atom is -0.340 e. The van der Waals surface area contributed by atoms with E-state index in [0.29, 0.717) is 6.04 Å². The predicted octanol–water partition coefficient (Wildman–Crippen LogP) is 2.74. The van der Waals surface area contributed by atoms with Gasteiger partial charge in [-0.25, -0.2) is 4.98 Å². The molecule has 1 unspecified atom stereocenters. The molecule has 1 fully saturated rings. The molecule has 0 aromatic carbocycles. The van der Waals surface area contributed by atoms with Crippen molar-refractivity contribution in [1.82, 2.24) is 19.8 Å². The second kappa shape index (κ2) is 6.76. The highest BCUT2D eigenvalue weighted by molar-refractivity contribution is 7.15. The summed E-state index contributed by atoms with van der Waals surface area (Å²) in [5.74, 6) is 0.171. The van der Waals surface area contributed by atoms with Crippen LogP contribution in [0.1, 0.15) is 30.5 Å². The average Bonchev–Trinajstić information content (AvgIpc) is 2.97. The normalized spacial score (nSPS) is 17.3. The van der Waals surface area contributed by atoms with Crippen LogP contribution in [0.25, 0.3) is 10.6 Å². The monoisotopic (exact) mass is 330 g/mol. The van der Waals surface area contributed by atoms with Gasteiger partial charge in [0, 0.05) is 62.0 Å². The largest absolute Gasteiger partial charge is 0.340 e.